The van der Waals surface area contributed by atoms with Crippen LogP contribution in [0.4, 0.5) is 0 Å². The summed E-state index contributed by atoms with van der Waals surface area (Å²) in [7, 11) is 0. The molecule has 0 saturated heterocycles. The van der Waals surface area contributed by atoms with Gasteiger partial charge in [0.15, 0.2) is 17.5 Å². The summed E-state index contributed by atoms with van der Waals surface area (Å²) in [6.45, 7) is 9.45. The zero-order valence-corrected chi connectivity index (χ0v) is 27.5. The number of aromatic nitrogens is 3. The van der Waals surface area contributed by atoms with Crippen LogP contribution in [0.25, 0.3) is 78.0 Å². The molecule has 0 aliphatic heterocycles. The van der Waals surface area contributed by atoms with E-state index in [9.17, 15) is 0 Å². The van der Waals surface area contributed by atoms with E-state index in [2.05, 4.69) is 125 Å². The number of nitrogens with zero attached hydrogens (tertiary/aromatic N) is 3. The van der Waals surface area contributed by atoms with Crippen molar-refractivity contribution >= 4 is 32.7 Å². The van der Waals surface area contributed by atoms with E-state index in [1.165, 1.54) is 22.3 Å². The lowest BCUT2D eigenvalue weighted by Crippen LogP contribution is -2.37. The predicted octanol–water partition coefficient (Wildman–Crippen LogP) is 11.5. The van der Waals surface area contributed by atoms with Gasteiger partial charge in [0, 0.05) is 32.9 Å². The Bertz CT molecular complexity index is 2510. The van der Waals surface area contributed by atoms with Crippen molar-refractivity contribution in [3.63, 3.8) is 0 Å². The Morgan fingerprint density at radius 2 is 1.10 bits per heavy atom. The van der Waals surface area contributed by atoms with Gasteiger partial charge in [0.1, 0.15) is 11.2 Å². The number of furan rings is 1. The minimum Gasteiger partial charge on any atom is -0.456 e. The van der Waals surface area contributed by atoms with Crippen molar-refractivity contribution in [1.29, 1.82) is 0 Å². The standard InChI is InChI=1S/C44H35N3O/c1-26(2)44(27(3)4)37-20-11-10-18-32(37)35-25-40-36(24-38(35)44)33-22-21-30(23-39(33)48-40)42-45-41(29-14-6-5-7-15-29)46-43(47-42)34-19-12-16-28-13-8-9-17-31(28)34/h5-27H,1-4H3. The van der Waals surface area contributed by atoms with Crippen LogP contribution in [0.3, 0.4) is 0 Å². The van der Waals surface area contributed by atoms with Crippen LogP contribution in [0, 0.1) is 11.8 Å². The van der Waals surface area contributed by atoms with E-state index < -0.39 is 0 Å². The second-order valence-corrected chi connectivity index (χ2v) is 13.6. The predicted molar refractivity (Wildman–Crippen MR) is 197 cm³/mol. The maximum absolute atomic E-state index is 6.66. The molecule has 0 bridgehead atoms. The van der Waals surface area contributed by atoms with Gasteiger partial charge in [0.05, 0.1) is 0 Å². The van der Waals surface area contributed by atoms with Crippen molar-refractivity contribution in [2.24, 2.45) is 11.8 Å². The monoisotopic (exact) mass is 621 g/mol. The molecule has 2 aromatic heterocycles. The van der Waals surface area contributed by atoms with E-state index in [0.717, 1.165) is 49.4 Å². The molecule has 1 aliphatic carbocycles. The highest BCUT2D eigenvalue weighted by atomic mass is 16.3. The molecule has 0 spiro atoms. The van der Waals surface area contributed by atoms with Crippen molar-refractivity contribution in [1.82, 2.24) is 15.0 Å². The van der Waals surface area contributed by atoms with Gasteiger partial charge in [-0.05, 0) is 69.1 Å². The molecule has 8 aromatic rings. The van der Waals surface area contributed by atoms with Gasteiger partial charge >= 0.3 is 0 Å². The van der Waals surface area contributed by atoms with Crippen LogP contribution in [-0.4, -0.2) is 15.0 Å². The van der Waals surface area contributed by atoms with E-state index in [4.69, 9.17) is 19.4 Å². The summed E-state index contributed by atoms with van der Waals surface area (Å²) in [5.41, 5.74) is 9.90. The van der Waals surface area contributed by atoms with Gasteiger partial charge in [0.25, 0.3) is 0 Å². The van der Waals surface area contributed by atoms with Crippen LogP contribution in [0.15, 0.2) is 132 Å². The third kappa shape index (κ3) is 4.12. The largest absolute Gasteiger partial charge is 0.456 e. The number of hydrogen-bond donors (Lipinski definition) is 0. The fourth-order valence-electron chi connectivity index (χ4n) is 8.42. The molecular weight excluding hydrogens is 587 g/mol. The summed E-state index contributed by atoms with van der Waals surface area (Å²) in [6, 6.07) is 44.7. The average Bonchev–Trinajstić information content (AvgIpc) is 3.63. The molecular formula is C44H35N3O. The number of benzene rings is 6. The lowest BCUT2D eigenvalue weighted by atomic mass is 9.63. The summed E-state index contributed by atoms with van der Waals surface area (Å²) in [6.07, 6.45) is 0. The van der Waals surface area contributed by atoms with Gasteiger partial charge in [-0.15, -0.1) is 0 Å². The fraction of sp³-hybridized carbons (Fsp3) is 0.159. The van der Waals surface area contributed by atoms with Crippen molar-refractivity contribution < 1.29 is 4.42 Å². The van der Waals surface area contributed by atoms with E-state index in [1.54, 1.807) is 0 Å². The Balaban J connectivity index is 1.24. The lowest BCUT2D eigenvalue weighted by Gasteiger charge is -2.40. The summed E-state index contributed by atoms with van der Waals surface area (Å²) in [5, 5.41) is 4.50. The van der Waals surface area contributed by atoms with E-state index in [1.807, 2.05) is 30.3 Å². The Hall–Kier alpha value is -5.61. The first kappa shape index (κ1) is 28.6. The smallest absolute Gasteiger partial charge is 0.164 e. The first-order valence-electron chi connectivity index (χ1n) is 16.8. The molecule has 0 saturated carbocycles. The van der Waals surface area contributed by atoms with Gasteiger partial charge in [-0.3, -0.25) is 0 Å². The van der Waals surface area contributed by atoms with Gasteiger partial charge in [-0.2, -0.15) is 0 Å². The zero-order chi connectivity index (χ0) is 32.6. The number of rotatable bonds is 5. The second-order valence-electron chi connectivity index (χ2n) is 13.6. The van der Waals surface area contributed by atoms with Crippen LogP contribution < -0.4 is 0 Å². The quantitative estimate of drug-likeness (QED) is 0.192. The second kappa shape index (κ2) is 10.7. The van der Waals surface area contributed by atoms with Gasteiger partial charge in [-0.25, -0.2) is 15.0 Å². The molecule has 9 rings (SSSR count). The molecule has 0 radical (unpaired) electrons. The van der Waals surface area contributed by atoms with Gasteiger partial charge in [-0.1, -0.05) is 131 Å². The summed E-state index contributed by atoms with van der Waals surface area (Å²) < 4.78 is 6.66. The Kier molecular flexibility index (Phi) is 6.38. The third-order valence-electron chi connectivity index (χ3n) is 10.5. The topological polar surface area (TPSA) is 51.8 Å². The van der Waals surface area contributed by atoms with Crippen molar-refractivity contribution in [2.75, 3.05) is 0 Å². The summed E-state index contributed by atoms with van der Waals surface area (Å²) in [4.78, 5) is 15.1. The van der Waals surface area contributed by atoms with E-state index >= 15 is 0 Å². The van der Waals surface area contributed by atoms with Crippen molar-refractivity contribution in [3.8, 4) is 45.3 Å². The maximum Gasteiger partial charge on any atom is 0.164 e. The molecule has 4 heteroatoms. The SMILES string of the molecule is CC(C)C1(C(C)C)c2ccccc2-c2cc3oc4cc(-c5nc(-c6ccccc6)nc(-c6cccc7ccccc67)n5)ccc4c3cc21. The summed E-state index contributed by atoms with van der Waals surface area (Å²) in [5.74, 6) is 2.77. The highest BCUT2D eigenvalue weighted by molar-refractivity contribution is 6.08. The third-order valence-corrected chi connectivity index (χ3v) is 10.5. The zero-order valence-electron chi connectivity index (χ0n) is 27.5. The molecule has 4 nitrogen and oxygen atoms in total. The minimum atomic E-state index is -0.0691. The van der Waals surface area contributed by atoms with Crippen LogP contribution >= 0.6 is 0 Å². The molecule has 232 valence electrons. The van der Waals surface area contributed by atoms with Crippen molar-refractivity contribution in [2.45, 2.75) is 33.1 Å². The molecule has 0 unspecified atom stereocenters. The Morgan fingerprint density at radius 3 is 1.92 bits per heavy atom. The van der Waals surface area contributed by atoms with Crippen LogP contribution in [0.5, 0.6) is 0 Å². The van der Waals surface area contributed by atoms with Crippen LogP contribution in [0.2, 0.25) is 0 Å². The maximum atomic E-state index is 6.66. The Morgan fingerprint density at radius 1 is 0.458 bits per heavy atom. The lowest BCUT2D eigenvalue weighted by molar-refractivity contribution is 0.280. The van der Waals surface area contributed by atoms with Gasteiger partial charge < -0.3 is 4.42 Å². The van der Waals surface area contributed by atoms with Crippen LogP contribution in [-0.2, 0) is 5.41 Å². The molecule has 0 N–H and O–H groups in total. The normalized spacial score (nSPS) is 13.5. The van der Waals surface area contributed by atoms with E-state index in [0.29, 0.717) is 29.3 Å². The Labute approximate surface area is 280 Å². The molecule has 0 atom stereocenters. The minimum absolute atomic E-state index is 0.0691. The molecule has 0 fully saturated rings. The molecule has 48 heavy (non-hydrogen) atoms. The average molecular weight is 622 g/mol. The molecule has 1 aliphatic rings. The molecule has 2 heterocycles. The van der Waals surface area contributed by atoms with E-state index in [-0.39, 0.29) is 5.41 Å². The number of hydrogen-bond acceptors (Lipinski definition) is 4. The first-order valence-corrected chi connectivity index (χ1v) is 16.8. The molecule has 0 amide bonds. The highest BCUT2D eigenvalue weighted by Crippen LogP contribution is 2.57. The fourth-order valence-corrected chi connectivity index (χ4v) is 8.42. The van der Waals surface area contributed by atoms with Crippen molar-refractivity contribution in [3.05, 3.63) is 139 Å². The van der Waals surface area contributed by atoms with Crippen LogP contribution in [0.1, 0.15) is 38.8 Å². The van der Waals surface area contributed by atoms with Gasteiger partial charge in [0.2, 0.25) is 0 Å². The molecule has 6 aromatic carbocycles. The highest BCUT2D eigenvalue weighted by Gasteiger charge is 2.48. The number of fused-ring (bicyclic) bond motifs is 7. The first-order chi connectivity index (χ1) is 23.4. The summed E-state index contributed by atoms with van der Waals surface area (Å²) >= 11 is 0.